The first-order chi connectivity index (χ1) is 9.97. The van der Waals surface area contributed by atoms with E-state index < -0.39 is 0 Å². The molecule has 2 atom stereocenters. The van der Waals surface area contributed by atoms with Crippen molar-refractivity contribution < 1.29 is 4.39 Å². The van der Waals surface area contributed by atoms with Crippen LogP contribution in [0.2, 0.25) is 0 Å². The van der Waals surface area contributed by atoms with Crippen LogP contribution in [0.4, 0.5) is 4.39 Å². The lowest BCUT2D eigenvalue weighted by Gasteiger charge is -2.32. The Labute approximate surface area is 135 Å². The zero-order valence-electron chi connectivity index (χ0n) is 13.0. The number of benzene rings is 1. The van der Waals surface area contributed by atoms with E-state index in [0.717, 1.165) is 35.8 Å². The topological polar surface area (TPSA) is 12.0 Å². The van der Waals surface area contributed by atoms with E-state index in [-0.39, 0.29) is 5.82 Å². The van der Waals surface area contributed by atoms with Gasteiger partial charge in [-0.25, -0.2) is 4.39 Å². The van der Waals surface area contributed by atoms with Crippen LogP contribution in [0.5, 0.6) is 0 Å². The van der Waals surface area contributed by atoms with Crippen molar-refractivity contribution in [3.8, 4) is 0 Å². The normalized spacial score (nSPS) is 30.7. The van der Waals surface area contributed by atoms with Crippen molar-refractivity contribution in [3.63, 3.8) is 0 Å². The molecule has 21 heavy (non-hydrogen) atoms. The summed E-state index contributed by atoms with van der Waals surface area (Å²) >= 11 is 3.54. The third-order valence-electron chi connectivity index (χ3n) is 5.09. The summed E-state index contributed by atoms with van der Waals surface area (Å²) in [5.74, 6) is 2.46. The predicted octanol–water partition coefficient (Wildman–Crippen LogP) is 4.79. The van der Waals surface area contributed by atoms with Gasteiger partial charge in [-0.3, -0.25) is 0 Å². The van der Waals surface area contributed by atoms with Gasteiger partial charge in [0.2, 0.25) is 0 Å². The third-order valence-corrected chi connectivity index (χ3v) is 5.83. The molecule has 2 fully saturated rings. The van der Waals surface area contributed by atoms with Crippen LogP contribution in [-0.4, -0.2) is 13.1 Å². The highest BCUT2D eigenvalue weighted by molar-refractivity contribution is 9.10. The van der Waals surface area contributed by atoms with Gasteiger partial charge in [0.15, 0.2) is 0 Å². The lowest BCUT2D eigenvalue weighted by Crippen LogP contribution is -2.36. The van der Waals surface area contributed by atoms with Crippen LogP contribution >= 0.6 is 15.9 Å². The summed E-state index contributed by atoms with van der Waals surface area (Å²) in [6, 6.07) is 5.14. The van der Waals surface area contributed by atoms with Gasteiger partial charge in [0.25, 0.3) is 0 Å². The number of halogens is 2. The van der Waals surface area contributed by atoms with Crippen molar-refractivity contribution in [3.05, 3.63) is 34.1 Å². The SMILES string of the molecule is CC(C)CNCC1(Cc2ccc(F)cc2Br)CC2CC2C1. The van der Waals surface area contributed by atoms with Crippen molar-refractivity contribution in [2.75, 3.05) is 13.1 Å². The summed E-state index contributed by atoms with van der Waals surface area (Å²) in [6.07, 6.45) is 5.18. The van der Waals surface area contributed by atoms with Crippen molar-refractivity contribution in [1.82, 2.24) is 5.32 Å². The average molecular weight is 354 g/mol. The summed E-state index contributed by atoms with van der Waals surface area (Å²) < 4.78 is 14.2. The Kier molecular flexibility index (Phi) is 4.42. The molecule has 1 N–H and O–H groups in total. The number of fused-ring (bicyclic) bond motifs is 1. The van der Waals surface area contributed by atoms with E-state index >= 15 is 0 Å². The van der Waals surface area contributed by atoms with Gasteiger partial charge < -0.3 is 5.32 Å². The highest BCUT2D eigenvalue weighted by Crippen LogP contribution is 2.60. The Morgan fingerprint density at radius 2 is 2.05 bits per heavy atom. The van der Waals surface area contributed by atoms with E-state index in [1.165, 1.54) is 24.8 Å². The van der Waals surface area contributed by atoms with E-state index in [1.807, 2.05) is 6.07 Å². The van der Waals surface area contributed by atoms with Crippen LogP contribution in [0.25, 0.3) is 0 Å². The molecule has 116 valence electrons. The summed E-state index contributed by atoms with van der Waals surface area (Å²) in [6.45, 7) is 6.69. The van der Waals surface area contributed by atoms with Crippen LogP contribution in [0.3, 0.4) is 0 Å². The van der Waals surface area contributed by atoms with Gasteiger partial charge in [0, 0.05) is 11.0 Å². The molecule has 0 aliphatic heterocycles. The molecule has 2 saturated carbocycles. The maximum atomic E-state index is 13.3. The maximum absolute atomic E-state index is 13.3. The maximum Gasteiger partial charge on any atom is 0.124 e. The Hall–Kier alpha value is -0.410. The minimum absolute atomic E-state index is 0.160. The molecular weight excluding hydrogens is 329 g/mol. The molecule has 0 saturated heterocycles. The minimum atomic E-state index is -0.160. The summed E-state index contributed by atoms with van der Waals surface area (Å²) in [5, 5.41) is 3.67. The summed E-state index contributed by atoms with van der Waals surface area (Å²) in [4.78, 5) is 0. The molecule has 0 heterocycles. The fourth-order valence-electron chi connectivity index (χ4n) is 4.05. The second-order valence-electron chi connectivity index (χ2n) is 7.60. The highest BCUT2D eigenvalue weighted by atomic mass is 79.9. The molecule has 0 aromatic heterocycles. The van der Waals surface area contributed by atoms with Crippen LogP contribution < -0.4 is 5.32 Å². The van der Waals surface area contributed by atoms with E-state index in [1.54, 1.807) is 12.1 Å². The summed E-state index contributed by atoms with van der Waals surface area (Å²) in [5.41, 5.74) is 1.63. The number of nitrogens with one attached hydrogen (secondary N) is 1. The molecule has 0 amide bonds. The Bertz CT molecular complexity index is 504. The fraction of sp³-hybridized carbons (Fsp3) is 0.667. The molecule has 0 spiro atoms. The fourth-order valence-corrected chi connectivity index (χ4v) is 4.54. The Morgan fingerprint density at radius 3 is 2.67 bits per heavy atom. The zero-order chi connectivity index (χ0) is 15.0. The lowest BCUT2D eigenvalue weighted by molar-refractivity contribution is 0.244. The Morgan fingerprint density at radius 1 is 1.33 bits per heavy atom. The van der Waals surface area contributed by atoms with Gasteiger partial charge in [0.1, 0.15) is 5.82 Å². The van der Waals surface area contributed by atoms with Gasteiger partial charge in [-0.1, -0.05) is 35.8 Å². The number of rotatable bonds is 6. The largest absolute Gasteiger partial charge is 0.316 e. The van der Waals surface area contributed by atoms with Gasteiger partial charge in [-0.15, -0.1) is 0 Å². The smallest absolute Gasteiger partial charge is 0.124 e. The molecule has 2 aliphatic rings. The molecule has 3 rings (SSSR count). The molecule has 0 bridgehead atoms. The van der Waals surface area contributed by atoms with Crippen molar-refractivity contribution >= 4 is 15.9 Å². The molecule has 0 radical (unpaired) electrons. The van der Waals surface area contributed by atoms with Crippen LogP contribution in [0.15, 0.2) is 22.7 Å². The van der Waals surface area contributed by atoms with E-state index in [4.69, 9.17) is 0 Å². The standard InChI is InChI=1S/C18H25BrFN/c1-12(2)10-21-11-18(8-14-5-15(14)9-18)7-13-3-4-16(20)6-17(13)19/h3-4,6,12,14-15,21H,5,7-11H2,1-2H3. The zero-order valence-corrected chi connectivity index (χ0v) is 14.5. The molecule has 1 aromatic carbocycles. The minimum Gasteiger partial charge on any atom is -0.316 e. The first kappa shape index (κ1) is 15.5. The quantitative estimate of drug-likeness (QED) is 0.774. The van der Waals surface area contributed by atoms with Gasteiger partial charge in [0.05, 0.1) is 0 Å². The summed E-state index contributed by atoms with van der Waals surface area (Å²) in [7, 11) is 0. The van der Waals surface area contributed by atoms with Gasteiger partial charge in [-0.05, 0) is 73.1 Å². The Balaban J connectivity index is 1.70. The lowest BCUT2D eigenvalue weighted by atomic mass is 9.77. The van der Waals surface area contributed by atoms with Crippen molar-refractivity contribution in [2.45, 2.75) is 39.5 Å². The highest BCUT2D eigenvalue weighted by Gasteiger charge is 2.53. The number of hydrogen-bond donors (Lipinski definition) is 1. The second kappa shape index (κ2) is 6.00. The van der Waals surface area contributed by atoms with Crippen LogP contribution in [-0.2, 0) is 6.42 Å². The van der Waals surface area contributed by atoms with Crippen LogP contribution in [0, 0.1) is 29.0 Å². The first-order valence-corrected chi connectivity index (χ1v) is 8.91. The monoisotopic (exact) mass is 353 g/mol. The van der Waals surface area contributed by atoms with Crippen LogP contribution in [0.1, 0.15) is 38.7 Å². The van der Waals surface area contributed by atoms with Gasteiger partial charge >= 0.3 is 0 Å². The average Bonchev–Trinajstić information content (AvgIpc) is 3.01. The van der Waals surface area contributed by atoms with Gasteiger partial charge in [-0.2, -0.15) is 0 Å². The molecule has 1 aromatic rings. The third kappa shape index (κ3) is 3.68. The molecular formula is C18H25BrFN. The van der Waals surface area contributed by atoms with Crippen molar-refractivity contribution in [1.29, 1.82) is 0 Å². The molecule has 2 unspecified atom stereocenters. The molecule has 2 aliphatic carbocycles. The first-order valence-electron chi connectivity index (χ1n) is 8.12. The predicted molar refractivity (Wildman–Crippen MR) is 88.8 cm³/mol. The molecule has 3 heteroatoms. The van der Waals surface area contributed by atoms with E-state index in [0.29, 0.717) is 11.3 Å². The van der Waals surface area contributed by atoms with Crippen molar-refractivity contribution in [2.24, 2.45) is 23.2 Å². The number of hydrogen-bond acceptors (Lipinski definition) is 1. The molecule has 1 nitrogen and oxygen atoms in total. The van der Waals surface area contributed by atoms with E-state index in [9.17, 15) is 4.39 Å². The van der Waals surface area contributed by atoms with E-state index in [2.05, 4.69) is 35.1 Å². The second-order valence-corrected chi connectivity index (χ2v) is 8.46.